The summed E-state index contributed by atoms with van der Waals surface area (Å²) in [5, 5.41) is 0. The Kier molecular flexibility index (Phi) is 12.6. The summed E-state index contributed by atoms with van der Waals surface area (Å²) in [6.45, 7) is 9.57. The SMILES string of the molecule is COC(=O)CCCCN(CCc1ccccc1OCc1ccc(-c2ccc(C(C)(C)C)cc2)cc1)Cc1ccc(C(=O)OC)cc1. The summed E-state index contributed by atoms with van der Waals surface area (Å²) in [5.74, 6) is 0.363. The molecule has 0 N–H and O–H groups in total. The lowest BCUT2D eigenvalue weighted by Crippen LogP contribution is -2.27. The Labute approximate surface area is 274 Å². The Morgan fingerprint density at radius 1 is 0.696 bits per heavy atom. The third kappa shape index (κ3) is 10.3. The van der Waals surface area contributed by atoms with Crippen LogP contribution < -0.4 is 4.74 Å². The molecule has 0 saturated heterocycles. The molecule has 0 bridgehead atoms. The number of hydrogen-bond donors (Lipinski definition) is 0. The Balaban J connectivity index is 1.37. The summed E-state index contributed by atoms with van der Waals surface area (Å²) in [5.41, 5.74) is 7.78. The minimum absolute atomic E-state index is 0.138. The van der Waals surface area contributed by atoms with E-state index in [0.717, 1.165) is 61.3 Å². The number of methoxy groups -OCH3 is 2. The molecule has 0 radical (unpaired) electrons. The van der Waals surface area contributed by atoms with Crippen molar-refractivity contribution < 1.29 is 23.8 Å². The Bertz CT molecular complexity index is 1540. The maximum atomic E-state index is 11.9. The molecule has 4 rings (SSSR count). The number of esters is 2. The van der Waals surface area contributed by atoms with Crippen molar-refractivity contribution in [1.82, 2.24) is 4.90 Å². The molecule has 0 aliphatic carbocycles. The minimum atomic E-state index is -0.343. The molecule has 6 nitrogen and oxygen atoms in total. The molecular weight excluding hydrogens is 574 g/mol. The number of unbranched alkanes of at least 4 members (excludes halogenated alkanes) is 1. The minimum Gasteiger partial charge on any atom is -0.489 e. The van der Waals surface area contributed by atoms with E-state index < -0.39 is 0 Å². The number of carbonyl (C=O) groups excluding carboxylic acids is 2. The Morgan fingerprint density at radius 2 is 1.33 bits per heavy atom. The second kappa shape index (κ2) is 16.8. The van der Waals surface area contributed by atoms with Gasteiger partial charge >= 0.3 is 11.9 Å². The number of carbonyl (C=O) groups is 2. The standard InChI is InChI=1S/C40H47NO5/c1-40(2,3)36-23-21-33(22-24-36)32-17-15-31(16-18-32)29-46-37-11-7-6-10-34(37)25-27-41(26-9-8-12-38(42)44-4)28-30-13-19-35(20-14-30)39(43)45-5/h6-7,10-11,13-24H,8-9,12,25-29H2,1-5H3. The smallest absolute Gasteiger partial charge is 0.337 e. The normalized spacial score (nSPS) is 11.3. The first-order valence-electron chi connectivity index (χ1n) is 16.0. The summed E-state index contributed by atoms with van der Waals surface area (Å²) in [6.07, 6.45) is 2.88. The molecule has 0 fully saturated rings. The third-order valence-corrected chi connectivity index (χ3v) is 8.22. The van der Waals surface area contributed by atoms with Gasteiger partial charge in [-0.3, -0.25) is 9.69 Å². The highest BCUT2D eigenvalue weighted by molar-refractivity contribution is 5.89. The summed E-state index contributed by atoms with van der Waals surface area (Å²) in [4.78, 5) is 25.9. The highest BCUT2D eigenvalue weighted by atomic mass is 16.5. The summed E-state index contributed by atoms with van der Waals surface area (Å²) in [6, 6.07) is 33.2. The van der Waals surface area contributed by atoms with Gasteiger partial charge in [-0.05, 0) is 82.8 Å². The number of nitrogens with zero attached hydrogens (tertiary/aromatic N) is 1. The van der Waals surface area contributed by atoms with Gasteiger partial charge in [0.1, 0.15) is 12.4 Å². The van der Waals surface area contributed by atoms with Crippen molar-refractivity contribution in [3.8, 4) is 16.9 Å². The number of rotatable bonds is 15. The third-order valence-electron chi connectivity index (χ3n) is 8.22. The van der Waals surface area contributed by atoms with Crippen molar-refractivity contribution in [2.75, 3.05) is 27.3 Å². The lowest BCUT2D eigenvalue weighted by molar-refractivity contribution is -0.140. The van der Waals surface area contributed by atoms with Crippen molar-refractivity contribution in [2.45, 2.75) is 65.0 Å². The molecular formula is C40H47NO5. The molecule has 4 aromatic rings. The fourth-order valence-corrected chi connectivity index (χ4v) is 5.35. The molecule has 0 aromatic heterocycles. The first kappa shape index (κ1) is 34.5. The van der Waals surface area contributed by atoms with E-state index in [4.69, 9.17) is 14.2 Å². The van der Waals surface area contributed by atoms with E-state index in [9.17, 15) is 9.59 Å². The maximum Gasteiger partial charge on any atom is 0.337 e. The average molecular weight is 622 g/mol. The van der Waals surface area contributed by atoms with Crippen LogP contribution in [0.1, 0.15) is 72.6 Å². The molecule has 0 saturated carbocycles. The van der Waals surface area contributed by atoms with Crippen molar-refractivity contribution in [1.29, 1.82) is 0 Å². The van der Waals surface area contributed by atoms with Gasteiger partial charge in [-0.1, -0.05) is 99.6 Å². The highest BCUT2D eigenvalue weighted by Gasteiger charge is 2.14. The van der Waals surface area contributed by atoms with Gasteiger partial charge in [0.15, 0.2) is 0 Å². The molecule has 4 aromatic carbocycles. The van der Waals surface area contributed by atoms with E-state index in [1.807, 2.05) is 30.3 Å². The van der Waals surface area contributed by atoms with Gasteiger partial charge in [-0.25, -0.2) is 4.79 Å². The van der Waals surface area contributed by atoms with Crippen LogP contribution in [0.3, 0.4) is 0 Å². The zero-order valence-electron chi connectivity index (χ0n) is 27.9. The van der Waals surface area contributed by atoms with E-state index in [0.29, 0.717) is 18.6 Å². The maximum absolute atomic E-state index is 11.9. The van der Waals surface area contributed by atoms with Crippen LogP contribution in [0.15, 0.2) is 97.1 Å². The first-order valence-corrected chi connectivity index (χ1v) is 16.0. The number of benzene rings is 4. The second-order valence-corrected chi connectivity index (χ2v) is 12.7. The van der Waals surface area contributed by atoms with Gasteiger partial charge in [-0.2, -0.15) is 0 Å². The lowest BCUT2D eigenvalue weighted by Gasteiger charge is -2.23. The zero-order valence-corrected chi connectivity index (χ0v) is 27.9. The predicted octanol–water partition coefficient (Wildman–Crippen LogP) is 8.40. The summed E-state index contributed by atoms with van der Waals surface area (Å²) >= 11 is 0. The van der Waals surface area contributed by atoms with Gasteiger partial charge in [-0.15, -0.1) is 0 Å². The largest absolute Gasteiger partial charge is 0.489 e. The average Bonchev–Trinajstić information content (AvgIpc) is 3.08. The number of hydrogen-bond acceptors (Lipinski definition) is 6. The van der Waals surface area contributed by atoms with Crippen molar-refractivity contribution in [3.05, 3.63) is 125 Å². The van der Waals surface area contributed by atoms with Crippen LogP contribution in [0.2, 0.25) is 0 Å². The molecule has 242 valence electrons. The van der Waals surface area contributed by atoms with Crippen molar-refractivity contribution in [2.24, 2.45) is 0 Å². The van der Waals surface area contributed by atoms with Gasteiger partial charge in [0.05, 0.1) is 19.8 Å². The van der Waals surface area contributed by atoms with Crippen LogP contribution >= 0.6 is 0 Å². The van der Waals surface area contributed by atoms with Crippen LogP contribution in [0, 0.1) is 0 Å². The van der Waals surface area contributed by atoms with E-state index in [-0.39, 0.29) is 17.4 Å². The summed E-state index contributed by atoms with van der Waals surface area (Å²) < 4.78 is 16.0. The van der Waals surface area contributed by atoms with Crippen molar-refractivity contribution >= 4 is 11.9 Å². The molecule has 0 spiro atoms. The Hall–Kier alpha value is -4.42. The fraction of sp³-hybridized carbons (Fsp3) is 0.350. The highest BCUT2D eigenvalue weighted by Crippen LogP contribution is 2.27. The molecule has 0 aliphatic rings. The second-order valence-electron chi connectivity index (χ2n) is 12.7. The lowest BCUT2D eigenvalue weighted by atomic mass is 9.86. The van der Waals surface area contributed by atoms with Gasteiger partial charge in [0.25, 0.3) is 0 Å². The predicted molar refractivity (Wildman–Crippen MR) is 184 cm³/mol. The van der Waals surface area contributed by atoms with Crippen molar-refractivity contribution in [3.63, 3.8) is 0 Å². The van der Waals surface area contributed by atoms with Crippen LogP contribution in [-0.2, 0) is 39.3 Å². The van der Waals surface area contributed by atoms with Crippen LogP contribution in [0.25, 0.3) is 11.1 Å². The summed E-state index contributed by atoms with van der Waals surface area (Å²) in [7, 11) is 2.81. The van der Waals surface area contributed by atoms with E-state index in [2.05, 4.69) is 80.3 Å². The quantitative estimate of drug-likeness (QED) is 0.0981. The molecule has 0 atom stereocenters. The molecule has 0 unspecified atom stereocenters. The van der Waals surface area contributed by atoms with E-state index in [1.54, 1.807) is 12.1 Å². The van der Waals surface area contributed by atoms with Gasteiger partial charge in [0.2, 0.25) is 0 Å². The Morgan fingerprint density at radius 3 is 1.96 bits per heavy atom. The molecule has 46 heavy (non-hydrogen) atoms. The fourth-order valence-electron chi connectivity index (χ4n) is 5.35. The first-order chi connectivity index (χ1) is 22.2. The number of para-hydroxylation sites is 1. The zero-order chi connectivity index (χ0) is 32.9. The van der Waals surface area contributed by atoms with Crippen LogP contribution in [0.4, 0.5) is 0 Å². The molecule has 0 amide bonds. The molecule has 6 heteroatoms. The van der Waals surface area contributed by atoms with Gasteiger partial charge < -0.3 is 14.2 Å². The van der Waals surface area contributed by atoms with E-state index in [1.165, 1.54) is 30.9 Å². The number of ether oxygens (including phenoxy) is 3. The monoisotopic (exact) mass is 621 g/mol. The molecule has 0 heterocycles. The van der Waals surface area contributed by atoms with E-state index >= 15 is 0 Å². The molecule has 0 aliphatic heterocycles. The van der Waals surface area contributed by atoms with Gasteiger partial charge in [0, 0.05) is 19.5 Å². The van der Waals surface area contributed by atoms with Crippen LogP contribution in [0.5, 0.6) is 5.75 Å². The topological polar surface area (TPSA) is 65.1 Å². The van der Waals surface area contributed by atoms with Crippen LogP contribution in [-0.4, -0.2) is 44.1 Å².